The van der Waals surface area contributed by atoms with E-state index in [-0.39, 0.29) is 15.9 Å². The molecular weight excluding hydrogens is 431 g/mol. The van der Waals surface area contributed by atoms with Gasteiger partial charge in [-0.3, -0.25) is 9.71 Å². The van der Waals surface area contributed by atoms with Crippen molar-refractivity contribution in [3.05, 3.63) is 75.4 Å². The minimum atomic E-state index is -3.80. The molecule has 0 fully saturated rings. The summed E-state index contributed by atoms with van der Waals surface area (Å²) in [6.07, 6.45) is 1.57. The van der Waals surface area contributed by atoms with Gasteiger partial charge >= 0.3 is 0 Å². The first-order valence-electron chi connectivity index (χ1n) is 7.45. The van der Waals surface area contributed by atoms with E-state index in [1.54, 1.807) is 36.5 Å². The van der Waals surface area contributed by atoms with Crippen molar-refractivity contribution in [2.24, 2.45) is 4.99 Å². The molecule has 0 amide bonds. The number of nitrogens with zero attached hydrogens (tertiary/aromatic N) is 3. The summed E-state index contributed by atoms with van der Waals surface area (Å²) in [4.78, 5) is 4.34. The fourth-order valence-electron chi connectivity index (χ4n) is 2.03. The number of halogens is 3. The van der Waals surface area contributed by atoms with E-state index in [1.807, 2.05) is 0 Å². The monoisotopic (exact) mass is 440 g/mol. The second-order valence-electron chi connectivity index (χ2n) is 5.27. The van der Waals surface area contributed by atoms with Gasteiger partial charge in [0.1, 0.15) is 0 Å². The lowest BCUT2D eigenvalue weighted by atomic mass is 10.2. The lowest BCUT2D eigenvalue weighted by Crippen LogP contribution is -2.14. The predicted molar refractivity (Wildman–Crippen MR) is 108 cm³/mol. The maximum Gasteiger partial charge on any atom is 0.263 e. The average molecular weight is 442 g/mol. The Hall–Kier alpha value is -2.19. The molecule has 0 aliphatic carbocycles. The first-order chi connectivity index (χ1) is 12.8. The molecule has 1 N–H and O–H groups in total. The minimum Gasteiger partial charge on any atom is -0.262 e. The van der Waals surface area contributed by atoms with Crippen molar-refractivity contribution >= 4 is 62.5 Å². The number of hydrogen-bond donors (Lipinski definition) is 1. The Kier molecular flexibility index (Phi) is 5.96. The Morgan fingerprint density at radius 3 is 2.30 bits per heavy atom. The average Bonchev–Trinajstić information content (AvgIpc) is 2.63. The molecule has 1 heterocycles. The SMILES string of the molecule is O=S(=O)(Nc1ccc(Cl)nn1)c1ccc(C=Nc2ccc(Cl)cc2Cl)cc1. The van der Waals surface area contributed by atoms with Crippen molar-refractivity contribution in [1.29, 1.82) is 0 Å². The summed E-state index contributed by atoms with van der Waals surface area (Å²) < 4.78 is 27.1. The Morgan fingerprint density at radius 1 is 0.926 bits per heavy atom. The highest BCUT2D eigenvalue weighted by atomic mass is 35.5. The normalized spacial score (nSPS) is 11.7. The van der Waals surface area contributed by atoms with E-state index in [0.29, 0.717) is 21.3 Å². The number of aromatic nitrogens is 2. The molecule has 3 aromatic rings. The molecule has 0 saturated heterocycles. The number of aliphatic imine (C=N–C) groups is 1. The largest absolute Gasteiger partial charge is 0.263 e. The van der Waals surface area contributed by atoms with Gasteiger partial charge in [-0.15, -0.1) is 10.2 Å². The second kappa shape index (κ2) is 8.22. The van der Waals surface area contributed by atoms with E-state index >= 15 is 0 Å². The van der Waals surface area contributed by atoms with Gasteiger partial charge in [0.2, 0.25) is 0 Å². The molecule has 10 heteroatoms. The zero-order valence-corrected chi connectivity index (χ0v) is 16.6. The van der Waals surface area contributed by atoms with E-state index in [9.17, 15) is 8.42 Å². The quantitative estimate of drug-likeness (QED) is 0.565. The Morgan fingerprint density at radius 2 is 1.67 bits per heavy atom. The molecular formula is C17H11Cl3N4O2S. The zero-order valence-electron chi connectivity index (χ0n) is 13.5. The van der Waals surface area contributed by atoms with Gasteiger partial charge in [0.25, 0.3) is 10.0 Å². The molecule has 1 aromatic heterocycles. The second-order valence-corrected chi connectivity index (χ2v) is 8.18. The number of sulfonamides is 1. The van der Waals surface area contributed by atoms with Crippen LogP contribution < -0.4 is 4.72 Å². The Labute approximate surface area is 170 Å². The number of anilines is 1. The molecule has 0 saturated carbocycles. The van der Waals surface area contributed by atoms with Crippen molar-refractivity contribution in [2.45, 2.75) is 4.90 Å². The molecule has 27 heavy (non-hydrogen) atoms. The molecule has 0 aliphatic heterocycles. The Bertz CT molecular complexity index is 1090. The molecule has 6 nitrogen and oxygen atoms in total. The van der Waals surface area contributed by atoms with Gasteiger partial charge in [-0.25, -0.2) is 8.42 Å². The lowest BCUT2D eigenvalue weighted by molar-refractivity contribution is 0.601. The summed E-state index contributed by atoms with van der Waals surface area (Å²) in [5.41, 5.74) is 1.26. The van der Waals surface area contributed by atoms with Crippen LogP contribution in [0.3, 0.4) is 0 Å². The number of nitrogens with one attached hydrogen (secondary N) is 1. The third-order valence-electron chi connectivity index (χ3n) is 3.32. The van der Waals surface area contributed by atoms with Crippen LogP contribution in [-0.2, 0) is 10.0 Å². The number of hydrogen-bond acceptors (Lipinski definition) is 5. The van der Waals surface area contributed by atoms with Crippen LogP contribution in [0.4, 0.5) is 11.5 Å². The fourth-order valence-corrected chi connectivity index (χ4v) is 3.58. The van der Waals surface area contributed by atoms with Crippen molar-refractivity contribution in [3.63, 3.8) is 0 Å². The van der Waals surface area contributed by atoms with E-state index in [2.05, 4.69) is 19.9 Å². The first kappa shape index (κ1) is 19.6. The van der Waals surface area contributed by atoms with Crippen LogP contribution in [-0.4, -0.2) is 24.8 Å². The van der Waals surface area contributed by atoms with E-state index in [4.69, 9.17) is 34.8 Å². The van der Waals surface area contributed by atoms with Crippen LogP contribution >= 0.6 is 34.8 Å². The van der Waals surface area contributed by atoms with E-state index in [1.165, 1.54) is 24.3 Å². The maximum atomic E-state index is 12.4. The zero-order chi connectivity index (χ0) is 19.4. The van der Waals surface area contributed by atoms with Gasteiger partial charge in [-0.2, -0.15) is 0 Å². The third kappa shape index (κ3) is 5.17. The van der Waals surface area contributed by atoms with Crippen LogP contribution in [0.25, 0.3) is 0 Å². The van der Waals surface area contributed by atoms with Crippen LogP contribution in [0.5, 0.6) is 0 Å². The third-order valence-corrected chi connectivity index (χ3v) is 5.43. The van der Waals surface area contributed by atoms with Gasteiger partial charge in [-0.1, -0.05) is 46.9 Å². The van der Waals surface area contributed by atoms with E-state index < -0.39 is 10.0 Å². The minimum absolute atomic E-state index is 0.0703. The van der Waals surface area contributed by atoms with Crippen LogP contribution in [0, 0.1) is 0 Å². The summed E-state index contributed by atoms with van der Waals surface area (Å²) in [5.74, 6) is 0.0717. The number of rotatable bonds is 5. The topological polar surface area (TPSA) is 84.3 Å². The molecule has 0 bridgehead atoms. The molecule has 0 unspecified atom stereocenters. The summed E-state index contributed by atoms with van der Waals surface area (Å²) in [6, 6.07) is 14.0. The highest BCUT2D eigenvalue weighted by Crippen LogP contribution is 2.27. The highest BCUT2D eigenvalue weighted by molar-refractivity contribution is 7.92. The smallest absolute Gasteiger partial charge is 0.262 e. The van der Waals surface area contributed by atoms with Crippen molar-refractivity contribution in [1.82, 2.24) is 10.2 Å². The van der Waals surface area contributed by atoms with Crippen molar-refractivity contribution < 1.29 is 8.42 Å². The predicted octanol–water partition coefficient (Wildman–Crippen LogP) is 4.99. The van der Waals surface area contributed by atoms with Gasteiger partial charge in [0.15, 0.2) is 11.0 Å². The molecule has 0 atom stereocenters. The molecule has 3 rings (SSSR count). The fraction of sp³-hybridized carbons (Fsp3) is 0. The highest BCUT2D eigenvalue weighted by Gasteiger charge is 2.14. The molecule has 0 radical (unpaired) electrons. The van der Waals surface area contributed by atoms with Gasteiger partial charge < -0.3 is 0 Å². The van der Waals surface area contributed by atoms with Gasteiger partial charge in [-0.05, 0) is 48.0 Å². The van der Waals surface area contributed by atoms with Gasteiger partial charge in [0.05, 0.1) is 15.6 Å². The van der Waals surface area contributed by atoms with E-state index in [0.717, 1.165) is 0 Å². The summed E-state index contributed by atoms with van der Waals surface area (Å²) in [7, 11) is -3.80. The van der Waals surface area contributed by atoms with Crippen LogP contribution in [0.15, 0.2) is 64.5 Å². The van der Waals surface area contributed by atoms with Crippen LogP contribution in [0.1, 0.15) is 5.56 Å². The van der Waals surface area contributed by atoms with Gasteiger partial charge in [0, 0.05) is 11.2 Å². The molecule has 0 spiro atoms. The lowest BCUT2D eigenvalue weighted by Gasteiger charge is -2.07. The number of benzene rings is 2. The summed E-state index contributed by atoms with van der Waals surface area (Å²) in [6.45, 7) is 0. The molecule has 138 valence electrons. The summed E-state index contributed by atoms with van der Waals surface area (Å²) >= 11 is 17.5. The van der Waals surface area contributed by atoms with Crippen LogP contribution in [0.2, 0.25) is 15.2 Å². The molecule has 2 aromatic carbocycles. The Balaban J connectivity index is 1.76. The molecule has 0 aliphatic rings. The summed E-state index contributed by atoms with van der Waals surface area (Å²) in [5, 5.41) is 8.37. The maximum absolute atomic E-state index is 12.4. The standard InChI is InChI=1S/C17H11Cl3N4O2S/c18-12-3-6-15(14(19)9-12)21-10-11-1-4-13(5-2-11)27(25,26)24-17-8-7-16(20)22-23-17/h1-10H,(H,23,24). The van der Waals surface area contributed by atoms with Crippen molar-refractivity contribution in [3.8, 4) is 0 Å². The first-order valence-corrected chi connectivity index (χ1v) is 10.1. The van der Waals surface area contributed by atoms with Crippen molar-refractivity contribution in [2.75, 3.05) is 4.72 Å².